The molecule has 0 saturated heterocycles. The van der Waals surface area contributed by atoms with E-state index in [4.69, 9.17) is 10.5 Å². The van der Waals surface area contributed by atoms with Gasteiger partial charge in [0, 0.05) is 18.7 Å². The Bertz CT molecular complexity index is 455. The molecule has 0 heterocycles. The minimum Gasteiger partial charge on any atom is -0.495 e. The molecule has 0 bridgehead atoms. The fraction of sp³-hybridized carbons (Fsp3) is 0.357. The van der Waals surface area contributed by atoms with Gasteiger partial charge in [0.05, 0.1) is 12.8 Å². The molecule has 0 aliphatic carbocycles. The molecular formula is C14H20N2O2. The molecule has 0 unspecified atom stereocenters. The van der Waals surface area contributed by atoms with E-state index in [0.717, 1.165) is 5.57 Å². The van der Waals surface area contributed by atoms with Crippen LogP contribution >= 0.6 is 0 Å². The first-order chi connectivity index (χ1) is 8.49. The molecule has 1 aromatic rings. The Morgan fingerprint density at radius 1 is 1.50 bits per heavy atom. The molecule has 4 heteroatoms. The van der Waals surface area contributed by atoms with Crippen molar-refractivity contribution >= 4 is 11.6 Å². The van der Waals surface area contributed by atoms with Crippen molar-refractivity contribution in [3.05, 3.63) is 35.9 Å². The number of methoxy groups -OCH3 is 1. The third kappa shape index (κ3) is 3.26. The van der Waals surface area contributed by atoms with Crippen molar-refractivity contribution in [1.82, 2.24) is 4.90 Å². The Labute approximate surface area is 108 Å². The lowest BCUT2D eigenvalue weighted by atomic mass is 10.1. The maximum Gasteiger partial charge on any atom is 0.254 e. The molecule has 98 valence electrons. The number of benzene rings is 1. The second-order valence-electron chi connectivity index (χ2n) is 4.23. The van der Waals surface area contributed by atoms with Gasteiger partial charge in [-0.25, -0.2) is 0 Å². The molecule has 4 nitrogen and oxygen atoms in total. The van der Waals surface area contributed by atoms with E-state index in [9.17, 15) is 4.79 Å². The van der Waals surface area contributed by atoms with E-state index in [1.807, 2.05) is 13.8 Å². The van der Waals surface area contributed by atoms with E-state index in [1.165, 1.54) is 0 Å². The van der Waals surface area contributed by atoms with Crippen LogP contribution in [-0.4, -0.2) is 31.0 Å². The van der Waals surface area contributed by atoms with Gasteiger partial charge >= 0.3 is 0 Å². The summed E-state index contributed by atoms with van der Waals surface area (Å²) in [7, 11) is 1.55. The summed E-state index contributed by atoms with van der Waals surface area (Å²) < 4.78 is 5.07. The van der Waals surface area contributed by atoms with Crippen molar-refractivity contribution in [3.63, 3.8) is 0 Å². The predicted octanol–water partition coefficient (Wildman–Crippen LogP) is 2.32. The highest BCUT2D eigenvalue weighted by Gasteiger charge is 2.15. The predicted molar refractivity (Wildman–Crippen MR) is 73.8 cm³/mol. The second kappa shape index (κ2) is 6.10. The van der Waals surface area contributed by atoms with Gasteiger partial charge in [0.1, 0.15) is 5.75 Å². The highest BCUT2D eigenvalue weighted by atomic mass is 16.5. The number of carbonyl (C=O) groups excluding carboxylic acids is 1. The number of amides is 1. The Kier molecular flexibility index (Phi) is 4.77. The molecule has 1 aromatic carbocycles. The first kappa shape index (κ1) is 14.1. The zero-order valence-electron chi connectivity index (χ0n) is 11.2. The van der Waals surface area contributed by atoms with E-state index in [-0.39, 0.29) is 5.91 Å². The van der Waals surface area contributed by atoms with Crippen molar-refractivity contribution in [1.29, 1.82) is 0 Å². The van der Waals surface area contributed by atoms with Gasteiger partial charge in [-0.15, -0.1) is 0 Å². The third-order valence-corrected chi connectivity index (χ3v) is 2.61. The summed E-state index contributed by atoms with van der Waals surface area (Å²) in [6.45, 7) is 8.86. The monoisotopic (exact) mass is 248 g/mol. The van der Waals surface area contributed by atoms with E-state index in [2.05, 4.69) is 6.58 Å². The molecule has 18 heavy (non-hydrogen) atoms. The van der Waals surface area contributed by atoms with Crippen LogP contribution in [0, 0.1) is 0 Å². The number of carbonyl (C=O) groups is 1. The molecule has 0 saturated carbocycles. The minimum absolute atomic E-state index is 0.0464. The molecule has 1 amide bonds. The molecular weight excluding hydrogens is 228 g/mol. The second-order valence-corrected chi connectivity index (χ2v) is 4.23. The number of nitrogens with two attached hydrogens (primary N) is 1. The van der Waals surface area contributed by atoms with Crippen LogP contribution in [0.25, 0.3) is 0 Å². The van der Waals surface area contributed by atoms with Crippen molar-refractivity contribution in [2.24, 2.45) is 0 Å². The summed E-state index contributed by atoms with van der Waals surface area (Å²) in [6, 6.07) is 5.07. The number of ether oxygens (including phenoxy) is 1. The van der Waals surface area contributed by atoms with Crippen LogP contribution in [-0.2, 0) is 0 Å². The van der Waals surface area contributed by atoms with E-state index >= 15 is 0 Å². The van der Waals surface area contributed by atoms with Crippen molar-refractivity contribution in [2.45, 2.75) is 13.8 Å². The molecule has 0 aliphatic rings. The highest BCUT2D eigenvalue weighted by Crippen LogP contribution is 2.22. The quantitative estimate of drug-likeness (QED) is 0.642. The number of nitrogens with zero attached hydrogens (tertiary/aromatic N) is 1. The average Bonchev–Trinajstić information content (AvgIpc) is 2.34. The lowest BCUT2D eigenvalue weighted by Crippen LogP contribution is -2.32. The van der Waals surface area contributed by atoms with Gasteiger partial charge in [0.2, 0.25) is 0 Å². The van der Waals surface area contributed by atoms with Crippen LogP contribution in [0.15, 0.2) is 30.4 Å². The first-order valence-electron chi connectivity index (χ1n) is 5.86. The molecule has 1 rings (SSSR count). The lowest BCUT2D eigenvalue weighted by molar-refractivity contribution is 0.0778. The lowest BCUT2D eigenvalue weighted by Gasteiger charge is -2.21. The molecule has 0 atom stereocenters. The van der Waals surface area contributed by atoms with Crippen LogP contribution in [0.4, 0.5) is 5.69 Å². The number of anilines is 1. The van der Waals surface area contributed by atoms with Crippen LogP contribution in [0.2, 0.25) is 0 Å². The SMILES string of the molecule is C=C(C)CN(CC)C(=O)c1ccc(OC)c(N)c1. The first-order valence-corrected chi connectivity index (χ1v) is 5.86. The highest BCUT2D eigenvalue weighted by molar-refractivity contribution is 5.95. The van der Waals surface area contributed by atoms with Gasteiger partial charge in [-0.1, -0.05) is 12.2 Å². The zero-order chi connectivity index (χ0) is 13.7. The molecule has 0 fully saturated rings. The normalized spacial score (nSPS) is 9.94. The molecule has 0 aliphatic heterocycles. The minimum atomic E-state index is -0.0464. The van der Waals surface area contributed by atoms with Crippen LogP contribution in [0.1, 0.15) is 24.2 Å². The van der Waals surface area contributed by atoms with Gasteiger partial charge < -0.3 is 15.4 Å². The van der Waals surface area contributed by atoms with E-state index in [1.54, 1.807) is 30.2 Å². The largest absolute Gasteiger partial charge is 0.495 e. The van der Waals surface area contributed by atoms with Crippen molar-refractivity contribution < 1.29 is 9.53 Å². The van der Waals surface area contributed by atoms with E-state index < -0.39 is 0 Å². The molecule has 0 aromatic heterocycles. The Hall–Kier alpha value is -1.97. The van der Waals surface area contributed by atoms with Crippen molar-refractivity contribution in [2.75, 3.05) is 25.9 Å². The summed E-state index contributed by atoms with van der Waals surface area (Å²) in [6.07, 6.45) is 0. The van der Waals surface area contributed by atoms with Gasteiger partial charge in [0.15, 0.2) is 0 Å². The van der Waals surface area contributed by atoms with Gasteiger partial charge in [-0.2, -0.15) is 0 Å². The standard InChI is InChI=1S/C14H20N2O2/c1-5-16(9-10(2)3)14(17)11-6-7-13(18-4)12(15)8-11/h6-8H,2,5,9,15H2,1,3-4H3. The topological polar surface area (TPSA) is 55.6 Å². The van der Waals surface area contributed by atoms with Gasteiger partial charge in [-0.3, -0.25) is 4.79 Å². The molecule has 0 spiro atoms. The fourth-order valence-corrected chi connectivity index (χ4v) is 1.70. The Balaban J connectivity index is 2.95. The summed E-state index contributed by atoms with van der Waals surface area (Å²) in [4.78, 5) is 14.0. The van der Waals surface area contributed by atoms with Crippen LogP contribution in [0.5, 0.6) is 5.75 Å². The smallest absolute Gasteiger partial charge is 0.254 e. The summed E-state index contributed by atoms with van der Waals surface area (Å²) >= 11 is 0. The summed E-state index contributed by atoms with van der Waals surface area (Å²) in [5.41, 5.74) is 7.78. The third-order valence-electron chi connectivity index (χ3n) is 2.61. The number of hydrogen-bond donors (Lipinski definition) is 1. The Morgan fingerprint density at radius 2 is 2.17 bits per heavy atom. The van der Waals surface area contributed by atoms with E-state index in [0.29, 0.717) is 30.1 Å². The summed E-state index contributed by atoms with van der Waals surface area (Å²) in [5, 5.41) is 0. The molecule has 2 N–H and O–H groups in total. The van der Waals surface area contributed by atoms with Gasteiger partial charge in [-0.05, 0) is 32.0 Å². The fourth-order valence-electron chi connectivity index (χ4n) is 1.70. The average molecular weight is 248 g/mol. The van der Waals surface area contributed by atoms with Crippen LogP contribution < -0.4 is 10.5 Å². The number of nitrogen functional groups attached to an aromatic ring is 1. The van der Waals surface area contributed by atoms with Crippen molar-refractivity contribution in [3.8, 4) is 5.75 Å². The molecule has 0 radical (unpaired) electrons. The van der Waals surface area contributed by atoms with Gasteiger partial charge in [0.25, 0.3) is 5.91 Å². The maximum atomic E-state index is 12.3. The number of rotatable bonds is 5. The maximum absolute atomic E-state index is 12.3. The number of hydrogen-bond acceptors (Lipinski definition) is 3. The number of likely N-dealkylation sites (N-methyl/N-ethyl adjacent to an activating group) is 1. The zero-order valence-corrected chi connectivity index (χ0v) is 11.2. The van der Waals surface area contributed by atoms with Crippen LogP contribution in [0.3, 0.4) is 0 Å². The Morgan fingerprint density at radius 3 is 2.61 bits per heavy atom. The summed E-state index contributed by atoms with van der Waals surface area (Å²) in [5.74, 6) is 0.532.